The Labute approximate surface area is 161 Å². The largest absolute Gasteiger partial charge is 0.726 e. The molecular weight excluding hydrogens is 408 g/mol. The first-order valence-electron chi connectivity index (χ1n) is 8.42. The predicted molar refractivity (Wildman–Crippen MR) is 85.1 cm³/mol. The average molecular weight is 433 g/mol. The first kappa shape index (κ1) is 23.8. The number of methoxy groups -OCH3 is 1. The molecule has 0 aromatic heterocycles. The first-order valence-corrected chi connectivity index (χ1v) is 9.76. The topological polar surface area (TPSA) is 204 Å². The molecule has 2 heterocycles. The summed E-state index contributed by atoms with van der Waals surface area (Å²) in [5, 5.41) is 49.9. The second kappa shape index (κ2) is 9.55. The van der Waals surface area contributed by atoms with Crippen molar-refractivity contribution in [3.05, 3.63) is 0 Å². The van der Waals surface area contributed by atoms with E-state index in [9.17, 15) is 38.5 Å². The van der Waals surface area contributed by atoms with Crippen molar-refractivity contribution in [2.24, 2.45) is 5.92 Å². The van der Waals surface area contributed by atoms with Gasteiger partial charge in [0.2, 0.25) is 10.4 Å². The van der Waals surface area contributed by atoms with Crippen molar-refractivity contribution in [3.8, 4) is 0 Å². The molecule has 10 atom stereocenters. The third-order valence-corrected chi connectivity index (χ3v) is 5.19. The zero-order chi connectivity index (χ0) is 21.2. The van der Waals surface area contributed by atoms with E-state index >= 15 is 0 Å². The highest BCUT2D eigenvalue weighted by Crippen LogP contribution is 2.31. The van der Waals surface area contributed by atoms with Gasteiger partial charge in [-0.2, -0.15) is 0 Å². The lowest BCUT2D eigenvalue weighted by atomic mass is 9.90. The van der Waals surface area contributed by atoms with Crippen LogP contribution in [0, 0.1) is 5.92 Å². The van der Waals surface area contributed by atoms with Gasteiger partial charge in [0.1, 0.15) is 36.6 Å². The van der Waals surface area contributed by atoms with E-state index in [4.69, 9.17) is 18.9 Å². The van der Waals surface area contributed by atoms with Crippen LogP contribution < -0.4 is 0 Å². The Morgan fingerprint density at radius 2 is 1.57 bits per heavy atom. The zero-order valence-electron chi connectivity index (χ0n) is 15.1. The summed E-state index contributed by atoms with van der Waals surface area (Å²) in [6, 6.07) is 0. The molecule has 13 nitrogen and oxygen atoms in total. The molecule has 2 aliphatic rings. The monoisotopic (exact) mass is 433 g/mol. The third kappa shape index (κ3) is 5.35. The van der Waals surface area contributed by atoms with Gasteiger partial charge < -0.3 is 49.0 Å². The molecule has 2 rings (SSSR count). The Morgan fingerprint density at radius 1 is 0.964 bits per heavy atom. The van der Waals surface area contributed by atoms with Crippen molar-refractivity contribution in [1.82, 2.24) is 0 Å². The van der Waals surface area contributed by atoms with Crippen LogP contribution in [0.4, 0.5) is 0 Å². The minimum atomic E-state index is -5.09. The molecule has 5 N–H and O–H groups in total. The number of rotatable bonds is 7. The van der Waals surface area contributed by atoms with Crippen molar-refractivity contribution < 1.29 is 61.6 Å². The molecule has 28 heavy (non-hydrogen) atoms. The predicted octanol–water partition coefficient (Wildman–Crippen LogP) is -3.98. The zero-order valence-corrected chi connectivity index (χ0v) is 15.9. The van der Waals surface area contributed by atoms with Crippen molar-refractivity contribution in [2.45, 2.75) is 62.2 Å². The molecule has 166 valence electrons. The summed E-state index contributed by atoms with van der Waals surface area (Å²) in [4.78, 5) is 0. The summed E-state index contributed by atoms with van der Waals surface area (Å²) in [5.41, 5.74) is 0. The van der Waals surface area contributed by atoms with Crippen molar-refractivity contribution in [3.63, 3.8) is 0 Å². The number of aliphatic hydroxyl groups is 5. The maximum absolute atomic E-state index is 10.7. The maximum atomic E-state index is 10.7. The van der Waals surface area contributed by atoms with Crippen LogP contribution in [0.15, 0.2) is 0 Å². The fourth-order valence-electron chi connectivity index (χ4n) is 3.09. The molecule has 0 aromatic carbocycles. The van der Waals surface area contributed by atoms with E-state index in [-0.39, 0.29) is 0 Å². The highest BCUT2D eigenvalue weighted by molar-refractivity contribution is 7.80. The average Bonchev–Trinajstić information content (AvgIpc) is 2.64. The molecule has 0 radical (unpaired) electrons. The summed E-state index contributed by atoms with van der Waals surface area (Å²) in [7, 11) is -3.93. The van der Waals surface area contributed by atoms with Gasteiger partial charge in [-0.25, -0.2) is 8.42 Å². The second-order valence-electron chi connectivity index (χ2n) is 6.62. The molecule has 0 bridgehead atoms. The number of hydrogen-bond acceptors (Lipinski definition) is 13. The van der Waals surface area contributed by atoms with E-state index in [1.54, 1.807) is 0 Å². The maximum Gasteiger partial charge on any atom is 0.217 e. The summed E-state index contributed by atoms with van der Waals surface area (Å²) in [6.07, 6.45) is -12.8. The Morgan fingerprint density at radius 3 is 2.11 bits per heavy atom. The van der Waals surface area contributed by atoms with Gasteiger partial charge in [-0.15, -0.1) is 0 Å². The lowest BCUT2D eigenvalue weighted by Gasteiger charge is -2.46. The molecule has 0 saturated carbocycles. The number of aliphatic hydroxyl groups excluding tert-OH is 5. The van der Waals surface area contributed by atoms with Crippen LogP contribution in [0.25, 0.3) is 0 Å². The van der Waals surface area contributed by atoms with Gasteiger partial charge in [0, 0.05) is 13.0 Å². The van der Waals surface area contributed by atoms with Crippen molar-refractivity contribution >= 4 is 10.4 Å². The third-order valence-electron chi connectivity index (χ3n) is 4.77. The van der Waals surface area contributed by atoms with Gasteiger partial charge in [-0.05, 0) is 0 Å². The fraction of sp³-hybridized carbons (Fsp3) is 1.00. The van der Waals surface area contributed by atoms with Crippen LogP contribution in [0.5, 0.6) is 0 Å². The van der Waals surface area contributed by atoms with Gasteiger partial charge in [-0.3, -0.25) is 4.18 Å². The smallest absolute Gasteiger partial charge is 0.217 e. The molecule has 0 amide bonds. The Kier molecular flexibility index (Phi) is 8.11. The molecule has 2 saturated heterocycles. The molecule has 0 aromatic rings. The van der Waals surface area contributed by atoms with E-state index in [2.05, 4.69) is 4.18 Å². The van der Waals surface area contributed by atoms with Gasteiger partial charge in [0.15, 0.2) is 12.6 Å². The molecular formula is C14H25O13S-. The molecule has 0 spiro atoms. The highest BCUT2D eigenvalue weighted by atomic mass is 32.3. The van der Waals surface area contributed by atoms with Crippen molar-refractivity contribution in [2.75, 3.05) is 20.3 Å². The normalized spacial score (nSPS) is 45.1. The van der Waals surface area contributed by atoms with Gasteiger partial charge in [-0.1, -0.05) is 6.92 Å². The molecule has 0 aliphatic carbocycles. The van der Waals surface area contributed by atoms with Crippen LogP contribution in [0.3, 0.4) is 0 Å². The highest BCUT2D eigenvalue weighted by Gasteiger charge is 2.50. The van der Waals surface area contributed by atoms with E-state index in [0.717, 1.165) is 7.11 Å². The molecule has 2 aliphatic heterocycles. The fourth-order valence-corrected chi connectivity index (χ4v) is 3.39. The van der Waals surface area contributed by atoms with Crippen LogP contribution in [0.1, 0.15) is 6.92 Å². The number of hydrogen-bond donors (Lipinski definition) is 5. The quantitative estimate of drug-likeness (QED) is 0.192. The van der Waals surface area contributed by atoms with Crippen LogP contribution in [0.2, 0.25) is 0 Å². The van der Waals surface area contributed by atoms with Gasteiger partial charge in [0.05, 0.1) is 19.3 Å². The van der Waals surface area contributed by atoms with E-state index < -0.39 is 84.8 Å². The Balaban J connectivity index is 2.19. The second-order valence-corrected chi connectivity index (χ2v) is 7.67. The molecule has 5 unspecified atom stereocenters. The van der Waals surface area contributed by atoms with Crippen LogP contribution >= 0.6 is 0 Å². The Bertz CT molecular complexity index is 598. The first-order chi connectivity index (χ1) is 13.0. The van der Waals surface area contributed by atoms with E-state index in [0.29, 0.717) is 0 Å². The summed E-state index contributed by atoms with van der Waals surface area (Å²) < 4.78 is 57.3. The van der Waals surface area contributed by atoms with Gasteiger partial charge >= 0.3 is 0 Å². The van der Waals surface area contributed by atoms with Gasteiger partial charge in [0.25, 0.3) is 0 Å². The SMILES string of the molecule is CO[C@H]1OC(COS(=O)(=O)[O-])[C@H](OC2OC(CO)[C@H](O)C(C)[C@@H]2O)C(O)[C@@H]1O. The standard InChI is InChI=1S/C14H26O13S/c1-5-8(16)6(3-15)25-14(9(5)17)27-12-7(4-24-28(20,21)22)26-13(23-2)11(19)10(12)18/h5-19H,3-4H2,1-2H3,(H,20,21,22)/p-1/t5?,6?,7?,8-,9+,10?,11+,12+,13+,14?/m1/s1. The lowest BCUT2D eigenvalue weighted by molar-refractivity contribution is -0.352. The number of ether oxygens (including phenoxy) is 4. The molecule has 14 heteroatoms. The lowest BCUT2D eigenvalue weighted by Crippen LogP contribution is -2.63. The van der Waals surface area contributed by atoms with E-state index in [1.807, 2.05) is 0 Å². The minimum Gasteiger partial charge on any atom is -0.726 e. The summed E-state index contributed by atoms with van der Waals surface area (Å²) >= 11 is 0. The Hall–Kier alpha value is -0.490. The van der Waals surface area contributed by atoms with Crippen LogP contribution in [-0.4, -0.2) is 114 Å². The minimum absolute atomic E-state index is 0.586. The summed E-state index contributed by atoms with van der Waals surface area (Å²) in [6.45, 7) is 0.0206. The van der Waals surface area contributed by atoms with E-state index in [1.165, 1.54) is 6.92 Å². The molecule has 2 fully saturated rings. The summed E-state index contributed by atoms with van der Waals surface area (Å²) in [5.74, 6) is -0.786. The van der Waals surface area contributed by atoms with Crippen LogP contribution in [-0.2, 0) is 33.5 Å². The van der Waals surface area contributed by atoms with Crippen molar-refractivity contribution in [1.29, 1.82) is 0 Å².